The molecule has 2 heterocycles. The predicted molar refractivity (Wildman–Crippen MR) is 179 cm³/mol. The van der Waals surface area contributed by atoms with Crippen molar-refractivity contribution in [1.29, 1.82) is 0 Å². The lowest BCUT2D eigenvalue weighted by molar-refractivity contribution is -0.115. The minimum atomic E-state index is -0.211. The van der Waals surface area contributed by atoms with Crippen LogP contribution in [0.15, 0.2) is 131 Å². The molecule has 4 aromatic carbocycles. The van der Waals surface area contributed by atoms with Crippen molar-refractivity contribution < 1.29 is 9.59 Å². The van der Waals surface area contributed by atoms with E-state index in [1.165, 1.54) is 10.0 Å². The van der Waals surface area contributed by atoms with Crippen molar-refractivity contribution in [2.75, 3.05) is 20.7 Å². The Morgan fingerprint density at radius 1 is 0.545 bits per heavy atom. The zero-order valence-corrected chi connectivity index (χ0v) is 25.3. The van der Waals surface area contributed by atoms with Crippen LogP contribution in [-0.2, 0) is 9.59 Å². The second-order valence-corrected chi connectivity index (χ2v) is 11.0. The van der Waals surface area contributed by atoms with E-state index in [0.717, 1.165) is 22.5 Å². The third-order valence-electron chi connectivity index (χ3n) is 7.14. The second kappa shape index (κ2) is 12.2. The zero-order chi connectivity index (χ0) is 30.8. The number of rotatable bonds is 7. The van der Waals surface area contributed by atoms with E-state index in [2.05, 4.69) is 20.8 Å². The lowest BCUT2D eigenvalue weighted by Gasteiger charge is -2.11. The maximum Gasteiger partial charge on any atom is 0.282 e. The Labute approximate surface area is 264 Å². The monoisotopic (exact) mass is 620 g/mol. The molecular formula is C34H26Cl2N6O2. The van der Waals surface area contributed by atoms with Gasteiger partial charge in [-0.3, -0.25) is 9.59 Å². The molecule has 0 saturated heterocycles. The fourth-order valence-corrected chi connectivity index (χ4v) is 4.96. The van der Waals surface area contributed by atoms with E-state index in [1.807, 2.05) is 48.5 Å². The Kier molecular flexibility index (Phi) is 8.02. The van der Waals surface area contributed by atoms with Gasteiger partial charge in [0.1, 0.15) is 0 Å². The first-order valence-corrected chi connectivity index (χ1v) is 14.5. The topological polar surface area (TPSA) is 89.4 Å². The fourth-order valence-electron chi connectivity index (χ4n) is 4.71. The molecule has 10 heteroatoms. The third-order valence-corrected chi connectivity index (χ3v) is 7.64. The number of hydrazone groups is 2. The fraction of sp³-hybridized carbons (Fsp3) is 0.0588. The summed E-state index contributed by atoms with van der Waals surface area (Å²) in [6.45, 7) is 3.60. The van der Waals surface area contributed by atoms with Crippen LogP contribution >= 0.6 is 23.2 Å². The molecule has 0 saturated carbocycles. The lowest BCUT2D eigenvalue weighted by Crippen LogP contribution is -2.21. The normalized spacial score (nSPS) is 16.5. The number of hydrogen-bond acceptors (Lipinski definition) is 6. The van der Waals surface area contributed by atoms with E-state index in [0.29, 0.717) is 44.0 Å². The van der Waals surface area contributed by atoms with Gasteiger partial charge < -0.3 is 10.6 Å². The summed E-state index contributed by atoms with van der Waals surface area (Å²) in [6.07, 6.45) is 3.36. The van der Waals surface area contributed by atoms with Gasteiger partial charge in [-0.15, -0.1) is 0 Å². The highest BCUT2D eigenvalue weighted by Gasteiger charge is 2.29. The number of carbonyl (C=O) groups excluding carboxylic acids is 2. The number of halogens is 2. The molecule has 0 aliphatic carbocycles. The zero-order valence-electron chi connectivity index (χ0n) is 23.8. The first-order chi connectivity index (χ1) is 21.3. The highest BCUT2D eigenvalue weighted by Crippen LogP contribution is 2.28. The van der Waals surface area contributed by atoms with E-state index in [-0.39, 0.29) is 11.8 Å². The van der Waals surface area contributed by atoms with E-state index >= 15 is 0 Å². The first kappa shape index (κ1) is 28.9. The molecule has 44 heavy (non-hydrogen) atoms. The second-order valence-electron chi connectivity index (χ2n) is 10.1. The summed E-state index contributed by atoms with van der Waals surface area (Å²) in [4.78, 5) is 25.9. The number of nitrogens with zero attached hydrogens (tertiary/aromatic N) is 4. The van der Waals surface area contributed by atoms with Crippen molar-refractivity contribution in [2.45, 2.75) is 13.8 Å². The van der Waals surface area contributed by atoms with E-state index in [4.69, 9.17) is 23.2 Å². The minimum Gasteiger partial charge on any atom is -0.361 e. The van der Waals surface area contributed by atoms with Gasteiger partial charge in [0, 0.05) is 33.8 Å². The van der Waals surface area contributed by atoms with Gasteiger partial charge in [0.25, 0.3) is 11.8 Å². The summed E-state index contributed by atoms with van der Waals surface area (Å²) in [6, 6.07) is 29.8. The standard InChI is InChI=1S/C34H26Cl2N6O2/c1-21-31(33(43)41(39-21)29-15-7-25(35)8-16-29)19-37-27-11-3-23(4-12-27)24-5-13-28(14-6-24)38-20-32-22(2)40-42(34(32)44)30-17-9-26(36)10-18-30/h3-20,37-38H,1-2H3/b31-19+,32-20+. The van der Waals surface area contributed by atoms with E-state index in [1.54, 1.807) is 74.8 Å². The molecule has 6 rings (SSSR count). The highest BCUT2D eigenvalue weighted by atomic mass is 35.5. The van der Waals surface area contributed by atoms with Gasteiger partial charge in [-0.1, -0.05) is 47.5 Å². The number of carbonyl (C=O) groups is 2. The van der Waals surface area contributed by atoms with Crippen LogP contribution in [0.4, 0.5) is 22.7 Å². The van der Waals surface area contributed by atoms with Gasteiger partial charge in [-0.25, -0.2) is 0 Å². The van der Waals surface area contributed by atoms with Crippen molar-refractivity contribution in [3.63, 3.8) is 0 Å². The van der Waals surface area contributed by atoms with Crippen LogP contribution in [0.1, 0.15) is 13.8 Å². The average molecular weight is 622 g/mol. The Morgan fingerprint density at radius 3 is 1.23 bits per heavy atom. The van der Waals surface area contributed by atoms with Crippen LogP contribution in [0.25, 0.3) is 11.1 Å². The number of hydrogen-bond donors (Lipinski definition) is 2. The molecule has 8 nitrogen and oxygen atoms in total. The molecule has 4 aromatic rings. The maximum atomic E-state index is 13.0. The van der Waals surface area contributed by atoms with Gasteiger partial charge >= 0.3 is 0 Å². The summed E-state index contributed by atoms with van der Waals surface area (Å²) >= 11 is 11.9. The molecule has 2 aliphatic heterocycles. The largest absolute Gasteiger partial charge is 0.361 e. The summed E-state index contributed by atoms with van der Waals surface area (Å²) in [5, 5.41) is 19.1. The lowest BCUT2D eigenvalue weighted by atomic mass is 10.0. The van der Waals surface area contributed by atoms with Gasteiger partial charge in [0.15, 0.2) is 0 Å². The molecule has 0 atom stereocenters. The first-order valence-electron chi connectivity index (χ1n) is 13.7. The molecule has 218 valence electrons. The quantitative estimate of drug-likeness (QED) is 0.204. The smallest absolute Gasteiger partial charge is 0.282 e. The molecule has 0 radical (unpaired) electrons. The van der Waals surface area contributed by atoms with Crippen LogP contribution in [0.3, 0.4) is 0 Å². The number of benzene rings is 4. The summed E-state index contributed by atoms with van der Waals surface area (Å²) in [5.74, 6) is -0.422. The van der Waals surface area contributed by atoms with Crippen LogP contribution in [0.2, 0.25) is 10.0 Å². The summed E-state index contributed by atoms with van der Waals surface area (Å²) in [7, 11) is 0. The molecule has 2 N–H and O–H groups in total. The van der Waals surface area contributed by atoms with Crippen molar-refractivity contribution in [3.8, 4) is 11.1 Å². The van der Waals surface area contributed by atoms with Gasteiger partial charge in [-0.2, -0.15) is 20.2 Å². The molecule has 0 unspecified atom stereocenters. The Balaban J connectivity index is 1.08. The molecule has 2 amide bonds. The van der Waals surface area contributed by atoms with Gasteiger partial charge in [0.2, 0.25) is 0 Å². The molecule has 2 aliphatic rings. The summed E-state index contributed by atoms with van der Waals surface area (Å²) < 4.78 is 0. The third kappa shape index (κ3) is 5.99. The number of nitrogens with one attached hydrogen (secondary N) is 2. The van der Waals surface area contributed by atoms with Crippen molar-refractivity contribution in [2.24, 2.45) is 10.2 Å². The number of anilines is 4. The van der Waals surface area contributed by atoms with Crippen LogP contribution in [0, 0.1) is 0 Å². The van der Waals surface area contributed by atoms with Crippen molar-refractivity contribution in [3.05, 3.63) is 131 Å². The van der Waals surface area contributed by atoms with Crippen molar-refractivity contribution in [1.82, 2.24) is 0 Å². The highest BCUT2D eigenvalue weighted by molar-refractivity contribution is 6.32. The van der Waals surface area contributed by atoms with Crippen molar-refractivity contribution >= 4 is 69.2 Å². The molecule has 0 fully saturated rings. The maximum absolute atomic E-state index is 13.0. The molecule has 0 aromatic heterocycles. The van der Waals surface area contributed by atoms with Crippen LogP contribution < -0.4 is 20.7 Å². The van der Waals surface area contributed by atoms with E-state index < -0.39 is 0 Å². The van der Waals surface area contributed by atoms with Gasteiger partial charge in [-0.05, 0) is 97.8 Å². The Hall–Kier alpha value is -5.18. The van der Waals surface area contributed by atoms with Gasteiger partial charge in [0.05, 0.1) is 33.9 Å². The minimum absolute atomic E-state index is 0.211. The Morgan fingerprint density at radius 2 is 0.886 bits per heavy atom. The SMILES string of the molecule is CC1=NN(c2ccc(Cl)cc2)C(=O)/C1=C/Nc1ccc(-c2ccc(N/C=C3/C(=O)N(c4ccc(Cl)cc4)N=C3C)cc2)cc1. The average Bonchev–Trinajstić information content (AvgIpc) is 3.48. The van der Waals surface area contributed by atoms with Crippen LogP contribution in [-0.4, -0.2) is 23.2 Å². The molecule has 0 spiro atoms. The van der Waals surface area contributed by atoms with Crippen LogP contribution in [0.5, 0.6) is 0 Å². The Bertz CT molecular complexity index is 1720. The summed E-state index contributed by atoms with van der Waals surface area (Å²) in [5.41, 5.74) is 7.26. The van der Waals surface area contributed by atoms with E-state index in [9.17, 15) is 9.59 Å². The molecular weight excluding hydrogens is 595 g/mol. The number of amides is 2. The predicted octanol–water partition coefficient (Wildman–Crippen LogP) is 8.10. The molecule has 0 bridgehead atoms.